The Morgan fingerprint density at radius 2 is 1.27 bits per heavy atom. The van der Waals surface area contributed by atoms with Crippen LogP contribution in [0.4, 0.5) is 0 Å². The molecule has 30 heavy (non-hydrogen) atoms. The summed E-state index contributed by atoms with van der Waals surface area (Å²) in [7, 11) is 1.00. The van der Waals surface area contributed by atoms with Gasteiger partial charge in [0, 0.05) is 13.0 Å². The van der Waals surface area contributed by atoms with Crippen LogP contribution >= 0.6 is 0 Å². The van der Waals surface area contributed by atoms with E-state index in [0.717, 1.165) is 43.1 Å². The van der Waals surface area contributed by atoms with Crippen molar-refractivity contribution >= 4 is 0 Å². The molecule has 8 atom stereocenters. The molecule has 3 N–H and O–H groups in total. The van der Waals surface area contributed by atoms with Crippen molar-refractivity contribution in [2.75, 3.05) is 7.11 Å². The van der Waals surface area contributed by atoms with Gasteiger partial charge in [-0.15, -0.1) is 0 Å². The minimum atomic E-state index is -1.50. The van der Waals surface area contributed by atoms with Crippen LogP contribution in [0.25, 0.3) is 0 Å². The van der Waals surface area contributed by atoms with E-state index < -0.39 is 5.79 Å². The van der Waals surface area contributed by atoms with Gasteiger partial charge in [0.2, 0.25) is 0 Å². The van der Waals surface area contributed by atoms with E-state index in [1.54, 1.807) is 6.92 Å². The molecule has 3 nitrogen and oxygen atoms in total. The van der Waals surface area contributed by atoms with Crippen molar-refractivity contribution in [2.24, 2.45) is 46.3 Å². The molecule has 0 aromatic carbocycles. The van der Waals surface area contributed by atoms with E-state index in [9.17, 15) is 10.2 Å². The lowest BCUT2D eigenvalue weighted by atomic mass is 9.44. The van der Waals surface area contributed by atoms with Gasteiger partial charge in [0.05, 0.1) is 0 Å². The fourth-order valence-corrected chi connectivity index (χ4v) is 8.37. The van der Waals surface area contributed by atoms with Crippen molar-refractivity contribution in [1.29, 1.82) is 0 Å². The second kappa shape index (κ2) is 11.1. The molecule has 0 spiro atoms. The second-order valence-electron chi connectivity index (χ2n) is 10.8. The third-order valence-electron chi connectivity index (χ3n) is 9.59. The fourth-order valence-electron chi connectivity index (χ4n) is 8.37. The zero-order valence-corrected chi connectivity index (χ0v) is 21.7. The highest BCUT2D eigenvalue weighted by atomic mass is 16.5. The zero-order chi connectivity index (χ0) is 23.3. The standard InChI is InChI=1S/C22H38O2.2C2H6.CH4O/c1-14-9-11-20(2)15(13-14)5-6-16-17-7-8-19(22(4,23)24)21(17,3)12-10-18(16)20;3*1-2/h14-19,23-24H,5-13H2,1-4H3;2*1-2H3;2H,1H3/t14?,15-,16?,17?,18?,19-,20?,21?;;;/m0.../s1. The van der Waals surface area contributed by atoms with Gasteiger partial charge in [-0.25, -0.2) is 0 Å². The summed E-state index contributed by atoms with van der Waals surface area (Å²) in [6.45, 7) is 17.1. The maximum Gasteiger partial charge on any atom is 0.163 e. The second-order valence-corrected chi connectivity index (χ2v) is 10.8. The molecule has 0 aromatic heterocycles. The molecule has 4 aliphatic carbocycles. The zero-order valence-electron chi connectivity index (χ0n) is 21.7. The van der Waals surface area contributed by atoms with Crippen molar-refractivity contribution in [3.63, 3.8) is 0 Å². The van der Waals surface area contributed by atoms with Crippen LogP contribution < -0.4 is 0 Å². The van der Waals surface area contributed by atoms with Gasteiger partial charge >= 0.3 is 0 Å². The Morgan fingerprint density at radius 3 is 1.83 bits per heavy atom. The number of fused-ring (bicyclic) bond motifs is 5. The van der Waals surface area contributed by atoms with Gasteiger partial charge in [-0.2, -0.15) is 0 Å². The number of aliphatic hydroxyl groups is 3. The molecule has 180 valence electrons. The van der Waals surface area contributed by atoms with Crippen molar-refractivity contribution in [1.82, 2.24) is 0 Å². The van der Waals surface area contributed by atoms with Gasteiger partial charge in [-0.3, -0.25) is 0 Å². The molecule has 3 heteroatoms. The summed E-state index contributed by atoms with van der Waals surface area (Å²) >= 11 is 0. The van der Waals surface area contributed by atoms with E-state index in [4.69, 9.17) is 5.11 Å². The lowest BCUT2D eigenvalue weighted by molar-refractivity contribution is -0.222. The van der Waals surface area contributed by atoms with E-state index >= 15 is 0 Å². The van der Waals surface area contributed by atoms with Crippen LogP contribution in [-0.2, 0) is 0 Å². The lowest BCUT2D eigenvalue weighted by Crippen LogP contribution is -2.55. The normalized spacial score (nSPS) is 44.4. The Labute approximate surface area is 188 Å². The van der Waals surface area contributed by atoms with Crippen molar-refractivity contribution in [3.8, 4) is 0 Å². The number of rotatable bonds is 1. The average molecular weight is 427 g/mol. The summed E-state index contributed by atoms with van der Waals surface area (Å²) in [5.74, 6) is 2.89. The van der Waals surface area contributed by atoms with Gasteiger partial charge in [-0.1, -0.05) is 54.9 Å². The summed E-state index contributed by atoms with van der Waals surface area (Å²) in [6.07, 6.45) is 11.9. The molecule has 0 saturated heterocycles. The van der Waals surface area contributed by atoms with Crippen molar-refractivity contribution in [2.45, 2.75) is 119 Å². The summed E-state index contributed by atoms with van der Waals surface area (Å²) in [6, 6.07) is 0. The molecule has 0 radical (unpaired) electrons. The molecular weight excluding hydrogens is 372 g/mol. The Bertz CT molecular complexity index is 499. The molecule has 4 aliphatic rings. The van der Waals surface area contributed by atoms with Gasteiger partial charge in [0.25, 0.3) is 0 Å². The van der Waals surface area contributed by atoms with Crippen molar-refractivity contribution in [3.05, 3.63) is 0 Å². The van der Waals surface area contributed by atoms with E-state index in [0.29, 0.717) is 5.41 Å². The molecule has 0 aromatic rings. The van der Waals surface area contributed by atoms with Gasteiger partial charge in [0.1, 0.15) is 0 Å². The van der Waals surface area contributed by atoms with Crippen LogP contribution in [0, 0.1) is 46.3 Å². The van der Waals surface area contributed by atoms with Crippen LogP contribution in [0.2, 0.25) is 0 Å². The summed E-state index contributed by atoms with van der Waals surface area (Å²) in [4.78, 5) is 0. The topological polar surface area (TPSA) is 60.7 Å². The highest BCUT2D eigenvalue weighted by Gasteiger charge is 2.62. The molecule has 6 unspecified atom stereocenters. The maximum absolute atomic E-state index is 10.3. The fraction of sp³-hybridized carbons (Fsp3) is 1.00. The van der Waals surface area contributed by atoms with Crippen LogP contribution in [0.15, 0.2) is 0 Å². The van der Waals surface area contributed by atoms with Gasteiger partial charge < -0.3 is 15.3 Å². The highest BCUT2D eigenvalue weighted by molar-refractivity contribution is 5.10. The van der Waals surface area contributed by atoms with Crippen LogP contribution in [0.3, 0.4) is 0 Å². The lowest BCUT2D eigenvalue weighted by Gasteiger charge is -2.61. The molecule has 4 saturated carbocycles. The number of hydrogen-bond donors (Lipinski definition) is 3. The Kier molecular flexibility index (Phi) is 10.4. The predicted octanol–water partition coefficient (Wildman–Crippen LogP) is 6.64. The minimum Gasteiger partial charge on any atom is -0.400 e. The van der Waals surface area contributed by atoms with E-state index in [2.05, 4.69) is 20.8 Å². The number of aliphatic hydroxyl groups excluding tert-OH is 1. The van der Waals surface area contributed by atoms with E-state index in [1.807, 2.05) is 27.7 Å². The first-order valence-corrected chi connectivity index (χ1v) is 13.1. The SMILES string of the molecule is CC.CC.CC1CCC2(C)C3CCC4(C)C(CC[C@@H]4C(C)(O)O)C3CC[C@H]2C1.CO. The predicted molar refractivity (Wildman–Crippen MR) is 128 cm³/mol. The first kappa shape index (κ1) is 27.9. The molecule has 4 rings (SSSR count). The third-order valence-corrected chi connectivity index (χ3v) is 9.59. The number of hydrogen-bond acceptors (Lipinski definition) is 3. The third kappa shape index (κ3) is 4.94. The Balaban J connectivity index is 0.000000691. The molecule has 0 aliphatic heterocycles. The minimum absolute atomic E-state index is 0.0628. The van der Waals surface area contributed by atoms with Crippen LogP contribution in [0.5, 0.6) is 0 Å². The molecule has 0 amide bonds. The Morgan fingerprint density at radius 1 is 0.733 bits per heavy atom. The summed E-state index contributed by atoms with van der Waals surface area (Å²) in [5.41, 5.74) is 0.709. The maximum atomic E-state index is 10.3. The Hall–Kier alpha value is -0.120. The molecule has 0 bridgehead atoms. The monoisotopic (exact) mass is 426 g/mol. The average Bonchev–Trinajstić information content (AvgIpc) is 3.11. The first-order valence-electron chi connectivity index (χ1n) is 13.1. The van der Waals surface area contributed by atoms with Gasteiger partial charge in [0.15, 0.2) is 5.79 Å². The van der Waals surface area contributed by atoms with Crippen LogP contribution in [-0.4, -0.2) is 28.2 Å². The van der Waals surface area contributed by atoms with Crippen molar-refractivity contribution < 1.29 is 15.3 Å². The summed E-state index contributed by atoms with van der Waals surface area (Å²) in [5, 5.41) is 27.7. The van der Waals surface area contributed by atoms with E-state index in [1.165, 1.54) is 51.4 Å². The first-order chi connectivity index (χ1) is 14.2. The van der Waals surface area contributed by atoms with Crippen LogP contribution in [0.1, 0.15) is 113 Å². The smallest absolute Gasteiger partial charge is 0.163 e. The quantitative estimate of drug-likeness (QED) is 0.412. The van der Waals surface area contributed by atoms with Gasteiger partial charge in [-0.05, 0) is 98.7 Å². The highest BCUT2D eigenvalue weighted by Crippen LogP contribution is 2.68. The molecular formula is C27H54O3. The largest absolute Gasteiger partial charge is 0.400 e. The van der Waals surface area contributed by atoms with E-state index in [-0.39, 0.29) is 11.3 Å². The molecule has 0 heterocycles. The molecule has 4 fully saturated rings. The summed E-state index contributed by atoms with van der Waals surface area (Å²) < 4.78 is 0.